The van der Waals surface area contributed by atoms with E-state index in [0.29, 0.717) is 0 Å². The molecule has 0 aliphatic carbocycles. The van der Waals surface area contributed by atoms with Crippen molar-refractivity contribution in [3.8, 4) is 11.3 Å². The standard InChI is InChI=1S/C20H20N3/c1-13-11-14(2)15(3)16(12-13)18-9-8-17-20(22(18)4)23-10-6-5-7-19(23)21-17/h5-12H,1-4H3/q+1. The van der Waals surface area contributed by atoms with Crippen molar-refractivity contribution in [1.29, 1.82) is 0 Å². The first-order valence-corrected chi connectivity index (χ1v) is 7.90. The molecule has 0 radical (unpaired) electrons. The van der Waals surface area contributed by atoms with Crippen LogP contribution in [0.25, 0.3) is 28.1 Å². The lowest BCUT2D eigenvalue weighted by Crippen LogP contribution is -2.33. The number of aromatic nitrogens is 3. The van der Waals surface area contributed by atoms with Crippen LogP contribution in [0.3, 0.4) is 0 Å². The van der Waals surface area contributed by atoms with Gasteiger partial charge in [0, 0.05) is 11.6 Å². The average Bonchev–Trinajstić information content (AvgIpc) is 2.91. The Labute approximate surface area is 135 Å². The fraction of sp³-hybridized carbons (Fsp3) is 0.200. The molecule has 0 amide bonds. The van der Waals surface area contributed by atoms with Crippen molar-refractivity contribution < 1.29 is 4.57 Å². The van der Waals surface area contributed by atoms with Crippen LogP contribution >= 0.6 is 0 Å². The van der Waals surface area contributed by atoms with Crippen molar-refractivity contribution in [3.05, 3.63) is 65.4 Å². The summed E-state index contributed by atoms with van der Waals surface area (Å²) in [7, 11) is 2.12. The molecule has 0 N–H and O–H groups in total. The molecule has 114 valence electrons. The van der Waals surface area contributed by atoms with Gasteiger partial charge in [-0.25, -0.2) is 9.55 Å². The summed E-state index contributed by atoms with van der Waals surface area (Å²) in [5.74, 6) is 0. The Morgan fingerprint density at radius 2 is 1.83 bits per heavy atom. The second kappa shape index (κ2) is 4.92. The lowest BCUT2D eigenvalue weighted by atomic mass is 9.97. The molecule has 0 saturated carbocycles. The fourth-order valence-electron chi connectivity index (χ4n) is 3.41. The van der Waals surface area contributed by atoms with Gasteiger partial charge in [-0.05, 0) is 56.2 Å². The van der Waals surface area contributed by atoms with Crippen molar-refractivity contribution in [2.75, 3.05) is 0 Å². The molecule has 3 aromatic heterocycles. The normalized spacial score (nSPS) is 11.5. The van der Waals surface area contributed by atoms with Gasteiger partial charge in [-0.3, -0.25) is 0 Å². The Balaban J connectivity index is 2.10. The molecule has 3 heterocycles. The maximum absolute atomic E-state index is 4.71. The highest BCUT2D eigenvalue weighted by Gasteiger charge is 2.19. The van der Waals surface area contributed by atoms with E-state index < -0.39 is 0 Å². The summed E-state index contributed by atoms with van der Waals surface area (Å²) in [6.07, 6.45) is 2.07. The van der Waals surface area contributed by atoms with Crippen LogP contribution in [0.2, 0.25) is 0 Å². The lowest BCUT2D eigenvalue weighted by molar-refractivity contribution is -0.635. The number of hydrogen-bond donors (Lipinski definition) is 0. The number of pyridine rings is 2. The highest BCUT2D eigenvalue weighted by molar-refractivity contribution is 5.76. The molecule has 0 bridgehead atoms. The topological polar surface area (TPSA) is 21.2 Å². The van der Waals surface area contributed by atoms with Gasteiger partial charge in [0.25, 0.3) is 0 Å². The van der Waals surface area contributed by atoms with E-state index in [4.69, 9.17) is 4.98 Å². The van der Waals surface area contributed by atoms with Gasteiger partial charge >= 0.3 is 5.65 Å². The van der Waals surface area contributed by atoms with Gasteiger partial charge in [0.15, 0.2) is 5.52 Å². The van der Waals surface area contributed by atoms with Crippen molar-refractivity contribution in [2.24, 2.45) is 7.05 Å². The summed E-state index contributed by atoms with van der Waals surface area (Å²) < 4.78 is 4.40. The number of rotatable bonds is 1. The summed E-state index contributed by atoms with van der Waals surface area (Å²) >= 11 is 0. The number of benzene rings is 1. The minimum absolute atomic E-state index is 0.979. The van der Waals surface area contributed by atoms with Crippen LogP contribution < -0.4 is 4.57 Å². The molecular formula is C20H20N3+. The van der Waals surface area contributed by atoms with Crippen LogP contribution in [-0.2, 0) is 7.05 Å². The minimum Gasteiger partial charge on any atom is -0.227 e. The van der Waals surface area contributed by atoms with Crippen molar-refractivity contribution in [1.82, 2.24) is 9.38 Å². The van der Waals surface area contributed by atoms with Crippen molar-refractivity contribution in [2.45, 2.75) is 20.8 Å². The number of nitrogens with zero attached hydrogens (tertiary/aromatic N) is 3. The molecule has 3 heteroatoms. The molecule has 0 fully saturated rings. The largest absolute Gasteiger partial charge is 0.314 e. The zero-order valence-electron chi connectivity index (χ0n) is 14.0. The van der Waals surface area contributed by atoms with Crippen molar-refractivity contribution in [3.63, 3.8) is 0 Å². The smallest absolute Gasteiger partial charge is 0.227 e. The number of imidazole rings is 1. The SMILES string of the molecule is Cc1cc(C)c(C)c(-c2ccc3nc4ccccn4c3[n+]2C)c1. The molecular weight excluding hydrogens is 282 g/mol. The number of aryl methyl sites for hydroxylation is 3. The highest BCUT2D eigenvalue weighted by Crippen LogP contribution is 2.26. The van der Waals surface area contributed by atoms with Gasteiger partial charge in [0.05, 0.1) is 13.2 Å². The van der Waals surface area contributed by atoms with E-state index in [2.05, 4.69) is 67.2 Å². The highest BCUT2D eigenvalue weighted by atomic mass is 15.1. The monoisotopic (exact) mass is 302 g/mol. The second-order valence-electron chi connectivity index (χ2n) is 6.28. The van der Waals surface area contributed by atoms with E-state index in [-0.39, 0.29) is 0 Å². The predicted molar refractivity (Wildman–Crippen MR) is 93.5 cm³/mol. The lowest BCUT2D eigenvalue weighted by Gasteiger charge is -2.11. The Bertz CT molecular complexity index is 1060. The Kier molecular flexibility index (Phi) is 2.98. The Morgan fingerprint density at radius 1 is 1.00 bits per heavy atom. The number of fused-ring (bicyclic) bond motifs is 3. The molecule has 23 heavy (non-hydrogen) atoms. The van der Waals surface area contributed by atoms with Gasteiger partial charge in [0.2, 0.25) is 5.65 Å². The summed E-state index contributed by atoms with van der Waals surface area (Å²) in [6.45, 7) is 6.53. The zero-order chi connectivity index (χ0) is 16.1. The third-order valence-electron chi connectivity index (χ3n) is 4.70. The summed E-state index contributed by atoms with van der Waals surface area (Å²) in [6, 6.07) is 14.9. The predicted octanol–water partition coefficient (Wildman–Crippen LogP) is 3.90. The fourth-order valence-corrected chi connectivity index (χ4v) is 3.41. The third-order valence-corrected chi connectivity index (χ3v) is 4.70. The van der Waals surface area contributed by atoms with E-state index in [9.17, 15) is 0 Å². The Morgan fingerprint density at radius 3 is 2.65 bits per heavy atom. The quantitative estimate of drug-likeness (QED) is 0.489. The molecule has 3 nitrogen and oxygen atoms in total. The van der Waals surface area contributed by atoms with E-state index >= 15 is 0 Å². The van der Waals surface area contributed by atoms with E-state index in [1.54, 1.807) is 0 Å². The van der Waals surface area contributed by atoms with E-state index in [1.165, 1.54) is 27.9 Å². The molecule has 0 saturated heterocycles. The summed E-state index contributed by atoms with van der Waals surface area (Å²) in [5.41, 5.74) is 9.58. The second-order valence-corrected chi connectivity index (χ2v) is 6.28. The first-order chi connectivity index (χ1) is 11.1. The molecule has 4 aromatic rings. The van der Waals surface area contributed by atoms with Gasteiger partial charge in [-0.2, -0.15) is 4.40 Å². The zero-order valence-corrected chi connectivity index (χ0v) is 14.0. The van der Waals surface area contributed by atoms with Crippen LogP contribution in [0.1, 0.15) is 16.7 Å². The minimum atomic E-state index is 0.979. The molecule has 0 aliphatic heterocycles. The third kappa shape index (κ3) is 2.04. The molecule has 0 unspecified atom stereocenters. The van der Waals surface area contributed by atoms with Crippen LogP contribution in [0.4, 0.5) is 0 Å². The van der Waals surface area contributed by atoms with Crippen LogP contribution in [0, 0.1) is 20.8 Å². The summed E-state index contributed by atoms with van der Waals surface area (Å²) in [5, 5.41) is 0. The van der Waals surface area contributed by atoms with Gasteiger partial charge in [-0.15, -0.1) is 0 Å². The van der Waals surface area contributed by atoms with Crippen LogP contribution in [-0.4, -0.2) is 9.38 Å². The molecule has 1 aromatic carbocycles. The van der Waals surface area contributed by atoms with Gasteiger partial charge in [0.1, 0.15) is 5.69 Å². The maximum atomic E-state index is 4.71. The first kappa shape index (κ1) is 13.9. The Hall–Kier alpha value is -2.68. The first-order valence-electron chi connectivity index (χ1n) is 7.90. The molecule has 0 spiro atoms. The van der Waals surface area contributed by atoms with Crippen molar-refractivity contribution >= 4 is 16.8 Å². The molecule has 0 atom stereocenters. The maximum Gasteiger partial charge on any atom is 0.314 e. The average molecular weight is 302 g/mol. The molecule has 0 aliphatic rings. The van der Waals surface area contributed by atoms with Crippen LogP contribution in [0.5, 0.6) is 0 Å². The van der Waals surface area contributed by atoms with E-state index in [0.717, 1.165) is 16.8 Å². The van der Waals surface area contributed by atoms with E-state index in [1.807, 2.05) is 18.2 Å². The number of hydrogen-bond acceptors (Lipinski definition) is 1. The van der Waals surface area contributed by atoms with Gasteiger partial charge < -0.3 is 0 Å². The van der Waals surface area contributed by atoms with Gasteiger partial charge in [-0.1, -0.05) is 17.7 Å². The van der Waals surface area contributed by atoms with Crippen LogP contribution in [0.15, 0.2) is 48.7 Å². The summed E-state index contributed by atoms with van der Waals surface area (Å²) in [4.78, 5) is 4.71. The molecule has 4 rings (SSSR count).